The van der Waals surface area contributed by atoms with Gasteiger partial charge in [0.15, 0.2) is 0 Å². The first-order valence-corrected chi connectivity index (χ1v) is 7.51. The monoisotopic (exact) mass is 270 g/mol. The lowest BCUT2D eigenvalue weighted by atomic mass is 9.78. The molecule has 1 unspecified atom stereocenters. The highest BCUT2D eigenvalue weighted by Gasteiger charge is 2.34. The molecule has 3 N–H and O–H groups in total. The van der Waals surface area contributed by atoms with E-state index in [1.807, 2.05) is 0 Å². The first-order chi connectivity index (χ1) is 9.01. The summed E-state index contributed by atoms with van der Waals surface area (Å²) in [7, 11) is 1.60. The van der Waals surface area contributed by atoms with Gasteiger partial charge in [-0.25, -0.2) is 0 Å². The molecule has 0 spiro atoms. The van der Waals surface area contributed by atoms with Crippen molar-refractivity contribution in [3.63, 3.8) is 0 Å². The topological polar surface area (TPSA) is 64.3 Å². The third kappa shape index (κ3) is 5.49. The summed E-state index contributed by atoms with van der Waals surface area (Å²) in [5.74, 6) is 0.748. The average molecular weight is 270 g/mol. The lowest BCUT2D eigenvalue weighted by Crippen LogP contribution is -2.39. The molecule has 19 heavy (non-hydrogen) atoms. The Balaban J connectivity index is 2.41. The largest absolute Gasteiger partial charge is 0.380 e. The summed E-state index contributed by atoms with van der Waals surface area (Å²) in [4.78, 5) is 11.9. The smallest absolute Gasteiger partial charge is 0.222 e. The van der Waals surface area contributed by atoms with E-state index in [0.29, 0.717) is 24.3 Å². The number of carbonyl (C=O) groups excluding carboxylic acids is 1. The molecule has 1 rings (SSSR count). The van der Waals surface area contributed by atoms with Crippen molar-refractivity contribution >= 4 is 5.91 Å². The molecule has 0 aromatic carbocycles. The van der Waals surface area contributed by atoms with E-state index in [9.17, 15) is 4.79 Å². The fourth-order valence-corrected chi connectivity index (χ4v) is 3.27. The Hall–Kier alpha value is -0.610. The summed E-state index contributed by atoms with van der Waals surface area (Å²) in [6, 6.07) is 0. The average Bonchev–Trinajstić information content (AvgIpc) is 2.81. The maximum atomic E-state index is 11.9. The van der Waals surface area contributed by atoms with E-state index in [4.69, 9.17) is 10.5 Å². The van der Waals surface area contributed by atoms with E-state index in [0.717, 1.165) is 6.54 Å². The van der Waals surface area contributed by atoms with Gasteiger partial charge in [0.1, 0.15) is 0 Å². The Kier molecular flexibility index (Phi) is 6.80. The maximum absolute atomic E-state index is 11.9. The normalized spacial score (nSPS) is 19.6. The molecule has 1 amide bonds. The minimum Gasteiger partial charge on any atom is -0.380 e. The van der Waals surface area contributed by atoms with Gasteiger partial charge in [0.25, 0.3) is 0 Å². The number of nitrogens with one attached hydrogen (secondary N) is 1. The van der Waals surface area contributed by atoms with Crippen LogP contribution in [-0.4, -0.2) is 32.2 Å². The quantitative estimate of drug-likeness (QED) is 0.709. The van der Waals surface area contributed by atoms with Crippen LogP contribution in [-0.2, 0) is 9.53 Å². The number of nitrogens with two attached hydrogens (primary N) is 1. The van der Waals surface area contributed by atoms with E-state index >= 15 is 0 Å². The van der Waals surface area contributed by atoms with Gasteiger partial charge in [-0.05, 0) is 30.6 Å². The number of amides is 1. The minimum atomic E-state index is -0.162. The molecule has 1 aliphatic rings. The van der Waals surface area contributed by atoms with Crippen molar-refractivity contribution in [1.29, 1.82) is 0 Å². The third-order valence-electron chi connectivity index (χ3n) is 4.18. The highest BCUT2D eigenvalue weighted by atomic mass is 16.5. The number of ether oxygens (including phenoxy) is 1. The lowest BCUT2D eigenvalue weighted by molar-refractivity contribution is -0.124. The molecule has 0 heterocycles. The molecule has 1 saturated carbocycles. The first kappa shape index (κ1) is 16.4. The fraction of sp³-hybridized carbons (Fsp3) is 0.933. The van der Waals surface area contributed by atoms with Crippen LogP contribution in [0.25, 0.3) is 0 Å². The van der Waals surface area contributed by atoms with Crippen LogP contribution in [0.1, 0.15) is 52.4 Å². The molecular formula is C15H30N2O2. The second kappa shape index (κ2) is 7.85. The second-order valence-corrected chi connectivity index (χ2v) is 6.38. The molecule has 1 atom stereocenters. The fourth-order valence-electron chi connectivity index (χ4n) is 3.27. The van der Waals surface area contributed by atoms with Crippen LogP contribution in [0.15, 0.2) is 0 Å². The highest BCUT2D eigenvalue weighted by Crippen LogP contribution is 2.42. The van der Waals surface area contributed by atoms with Crippen LogP contribution in [0.3, 0.4) is 0 Å². The van der Waals surface area contributed by atoms with Crippen molar-refractivity contribution < 1.29 is 9.53 Å². The van der Waals surface area contributed by atoms with E-state index in [2.05, 4.69) is 19.2 Å². The van der Waals surface area contributed by atoms with Crippen molar-refractivity contribution in [1.82, 2.24) is 5.32 Å². The molecule has 0 aliphatic heterocycles. The van der Waals surface area contributed by atoms with Gasteiger partial charge in [0, 0.05) is 20.2 Å². The lowest BCUT2D eigenvalue weighted by Gasteiger charge is -2.31. The SMILES string of the molecule is COC(CN)CC(=O)NCC1(CC(C)C)CCCC1. The Labute approximate surface area is 117 Å². The molecule has 1 fully saturated rings. The molecule has 0 aromatic rings. The van der Waals surface area contributed by atoms with Gasteiger partial charge in [-0.3, -0.25) is 4.79 Å². The Morgan fingerprint density at radius 2 is 2.00 bits per heavy atom. The standard InChI is InChI=1S/C15H30N2O2/c1-12(2)9-15(6-4-5-7-15)11-17-14(18)8-13(10-16)19-3/h12-13H,4-11,16H2,1-3H3,(H,17,18). The Morgan fingerprint density at radius 3 is 2.47 bits per heavy atom. The molecule has 112 valence electrons. The summed E-state index contributed by atoms with van der Waals surface area (Å²) in [5, 5.41) is 3.10. The van der Waals surface area contributed by atoms with Crippen LogP contribution < -0.4 is 11.1 Å². The molecule has 0 saturated heterocycles. The maximum Gasteiger partial charge on any atom is 0.222 e. The highest BCUT2D eigenvalue weighted by molar-refractivity contribution is 5.76. The summed E-state index contributed by atoms with van der Waals surface area (Å²) in [5.41, 5.74) is 5.87. The van der Waals surface area contributed by atoms with Crippen LogP contribution in [0.2, 0.25) is 0 Å². The number of hydrogen-bond acceptors (Lipinski definition) is 3. The molecule has 0 bridgehead atoms. The molecule has 0 radical (unpaired) electrons. The molecule has 0 aromatic heterocycles. The van der Waals surface area contributed by atoms with Crippen LogP contribution in [0.5, 0.6) is 0 Å². The zero-order chi connectivity index (χ0) is 14.3. The number of hydrogen-bond donors (Lipinski definition) is 2. The molecule has 4 heteroatoms. The summed E-state index contributed by atoms with van der Waals surface area (Å²) < 4.78 is 5.15. The molecule has 1 aliphatic carbocycles. The van der Waals surface area contributed by atoms with E-state index in [1.54, 1.807) is 7.11 Å². The van der Waals surface area contributed by atoms with Crippen molar-refractivity contribution in [3.05, 3.63) is 0 Å². The first-order valence-electron chi connectivity index (χ1n) is 7.51. The minimum absolute atomic E-state index is 0.0623. The van der Waals surface area contributed by atoms with Crippen molar-refractivity contribution in [2.75, 3.05) is 20.2 Å². The van der Waals surface area contributed by atoms with Crippen molar-refractivity contribution in [3.8, 4) is 0 Å². The molecule has 4 nitrogen and oxygen atoms in total. The van der Waals surface area contributed by atoms with Crippen molar-refractivity contribution in [2.24, 2.45) is 17.1 Å². The van der Waals surface area contributed by atoms with Gasteiger partial charge in [-0.2, -0.15) is 0 Å². The van der Waals surface area contributed by atoms with Crippen LogP contribution >= 0.6 is 0 Å². The van der Waals surface area contributed by atoms with Gasteiger partial charge < -0.3 is 15.8 Å². The van der Waals surface area contributed by atoms with E-state index < -0.39 is 0 Å². The second-order valence-electron chi connectivity index (χ2n) is 6.38. The zero-order valence-electron chi connectivity index (χ0n) is 12.7. The van der Waals surface area contributed by atoms with Gasteiger partial charge >= 0.3 is 0 Å². The van der Waals surface area contributed by atoms with Gasteiger partial charge in [-0.15, -0.1) is 0 Å². The van der Waals surface area contributed by atoms with Crippen LogP contribution in [0, 0.1) is 11.3 Å². The summed E-state index contributed by atoms with van der Waals surface area (Å²) in [6.45, 7) is 5.72. The zero-order valence-corrected chi connectivity index (χ0v) is 12.7. The Bertz CT molecular complexity index is 269. The van der Waals surface area contributed by atoms with Gasteiger partial charge in [0.2, 0.25) is 5.91 Å². The van der Waals surface area contributed by atoms with E-state index in [1.165, 1.54) is 32.1 Å². The van der Waals surface area contributed by atoms with Gasteiger partial charge in [0.05, 0.1) is 12.5 Å². The predicted molar refractivity (Wildman–Crippen MR) is 77.8 cm³/mol. The number of rotatable bonds is 8. The van der Waals surface area contributed by atoms with Gasteiger partial charge in [-0.1, -0.05) is 26.7 Å². The predicted octanol–water partition coefficient (Wildman–Crippen LogP) is 2.07. The molecular weight excluding hydrogens is 240 g/mol. The van der Waals surface area contributed by atoms with E-state index in [-0.39, 0.29) is 12.0 Å². The Morgan fingerprint density at radius 1 is 1.37 bits per heavy atom. The number of methoxy groups -OCH3 is 1. The summed E-state index contributed by atoms with van der Waals surface area (Å²) >= 11 is 0. The third-order valence-corrected chi connectivity index (χ3v) is 4.18. The van der Waals surface area contributed by atoms with Crippen LogP contribution in [0.4, 0.5) is 0 Å². The van der Waals surface area contributed by atoms with Crippen molar-refractivity contribution in [2.45, 2.75) is 58.5 Å². The summed E-state index contributed by atoms with van der Waals surface area (Å²) in [6.07, 6.45) is 6.50. The number of carbonyl (C=O) groups is 1.